The van der Waals surface area contributed by atoms with E-state index >= 15 is 0 Å². The molecule has 18 nitrogen and oxygen atoms in total. The van der Waals surface area contributed by atoms with E-state index in [1.165, 1.54) is 25.3 Å². The quantitative estimate of drug-likeness (QED) is 0.0476. The highest BCUT2D eigenvalue weighted by Crippen LogP contribution is 2.46. The van der Waals surface area contributed by atoms with E-state index in [9.17, 15) is 54.9 Å². The Bertz CT molecular complexity index is 2130. The van der Waals surface area contributed by atoms with Gasteiger partial charge in [-0.3, -0.25) is 14.4 Å². The molecule has 328 valence electrons. The molecule has 7 N–H and O–H groups in total. The number of hydrogen-bond donors (Lipinski definition) is 7. The minimum atomic E-state index is -1.69. The number of benzene rings is 3. The fourth-order valence-corrected chi connectivity index (χ4v) is 7.18. The van der Waals surface area contributed by atoms with Crippen molar-refractivity contribution in [3.63, 3.8) is 0 Å². The van der Waals surface area contributed by atoms with E-state index in [0.717, 1.165) is 44.6 Å². The number of hydrogen-bond acceptors (Lipinski definition) is 18. The van der Waals surface area contributed by atoms with Gasteiger partial charge in [0.05, 0.1) is 7.11 Å². The molecule has 0 fully saturated rings. The van der Waals surface area contributed by atoms with Gasteiger partial charge in [-0.2, -0.15) is 0 Å². The first kappa shape index (κ1) is 44.2. The van der Waals surface area contributed by atoms with Gasteiger partial charge in [-0.15, -0.1) is 0 Å². The number of carbonyl (C=O) groups is 4. The van der Waals surface area contributed by atoms with Gasteiger partial charge in [0.1, 0.15) is 42.1 Å². The van der Waals surface area contributed by atoms with E-state index in [-0.39, 0.29) is 59.5 Å². The summed E-state index contributed by atoms with van der Waals surface area (Å²) >= 11 is 0. The van der Waals surface area contributed by atoms with Gasteiger partial charge in [-0.1, -0.05) is 50.7 Å². The lowest BCUT2D eigenvalue weighted by Gasteiger charge is -2.35. The number of aliphatic hydroxyl groups is 4. The Morgan fingerprint density at radius 2 is 1.31 bits per heavy atom. The molecule has 3 heterocycles. The Kier molecular flexibility index (Phi) is 14.3. The summed E-state index contributed by atoms with van der Waals surface area (Å²) in [6, 6.07) is 11.4. The predicted molar refractivity (Wildman–Crippen MR) is 209 cm³/mol. The molecular weight excluding hydrogens is 804 g/mol. The van der Waals surface area contributed by atoms with E-state index < -0.39 is 84.2 Å². The summed E-state index contributed by atoms with van der Waals surface area (Å²) in [4.78, 5) is 49.1. The second-order valence-corrected chi connectivity index (χ2v) is 14.8. The Labute approximate surface area is 349 Å². The Morgan fingerprint density at radius 1 is 0.689 bits per heavy atom. The number of rotatable bonds is 19. The van der Waals surface area contributed by atoms with Gasteiger partial charge < -0.3 is 68.9 Å². The molecule has 3 aliphatic rings. The van der Waals surface area contributed by atoms with Gasteiger partial charge in [0.25, 0.3) is 0 Å². The highest BCUT2D eigenvalue weighted by Gasteiger charge is 2.42. The number of aliphatic hydroxyl groups excluding tert-OH is 4. The highest BCUT2D eigenvalue weighted by molar-refractivity contribution is 6.05. The highest BCUT2D eigenvalue weighted by atomic mass is 16.6. The lowest BCUT2D eigenvalue weighted by atomic mass is 9.92. The van der Waals surface area contributed by atoms with Crippen molar-refractivity contribution in [3.8, 4) is 40.2 Å². The number of carbonyl (C=O) groups excluding carboxylic acids is 4. The molecule has 0 saturated heterocycles. The van der Waals surface area contributed by atoms with E-state index in [2.05, 4.69) is 4.74 Å². The zero-order chi connectivity index (χ0) is 43.8. The van der Waals surface area contributed by atoms with Gasteiger partial charge in [-0.25, -0.2) is 4.79 Å². The monoisotopic (exact) mass is 852 g/mol. The second kappa shape index (κ2) is 19.8. The Balaban J connectivity index is 0.936. The number of fused-ring (bicyclic) bond motifs is 2. The van der Waals surface area contributed by atoms with E-state index in [1.807, 2.05) is 0 Å². The van der Waals surface area contributed by atoms with Gasteiger partial charge in [-0.05, 0) is 42.7 Å². The van der Waals surface area contributed by atoms with Crippen molar-refractivity contribution in [1.82, 2.24) is 0 Å². The molecule has 18 heteroatoms. The number of phenolic OH excluding ortho intramolecular Hbond substituents is 3. The first-order valence-electron chi connectivity index (χ1n) is 19.9. The standard InChI is InChI=1S/C43H48O18/c1-55-29-16-22(12-14-25(29)45)40-32(58-28-15-13-23(17-30(28)59-40)41-37(51)36(50)35-26(46)18-24(44)19-31(35)60-41)21-57-34(49)11-9-7-5-3-2-4-6-8-10-33(48)56-20-27(47)42-38(52)39(53)43(54)61-42/h12-19,27,32,37,40-42,44-47,51-53H,2-11,20-21H2,1H3/t27-,32+,37-,40+,41+,42+/m0/s1. The number of aromatic hydroxyl groups is 3. The topological polar surface area (TPSA) is 274 Å². The average molecular weight is 853 g/mol. The number of cyclic esters (lactones) is 1. The molecule has 6 atom stereocenters. The van der Waals surface area contributed by atoms with Crippen molar-refractivity contribution < 1.29 is 88.1 Å². The minimum Gasteiger partial charge on any atom is -0.508 e. The van der Waals surface area contributed by atoms with E-state index in [4.69, 9.17) is 28.4 Å². The van der Waals surface area contributed by atoms with Crippen LogP contribution in [0.4, 0.5) is 0 Å². The number of methoxy groups -OCH3 is 1. The minimum absolute atomic E-state index is 0.103. The molecule has 0 aromatic heterocycles. The van der Waals surface area contributed by atoms with Gasteiger partial charge in [0, 0.05) is 30.5 Å². The number of phenols is 3. The summed E-state index contributed by atoms with van der Waals surface area (Å²) in [7, 11) is 1.40. The third kappa shape index (κ3) is 10.5. The van der Waals surface area contributed by atoms with Gasteiger partial charge >= 0.3 is 17.9 Å². The maximum Gasteiger partial charge on any atom is 0.377 e. The zero-order valence-electron chi connectivity index (χ0n) is 33.2. The molecule has 6 rings (SSSR count). The molecule has 0 saturated carbocycles. The zero-order valence-corrected chi connectivity index (χ0v) is 33.2. The summed E-state index contributed by atoms with van der Waals surface area (Å²) in [5.74, 6) is -5.12. The summed E-state index contributed by atoms with van der Waals surface area (Å²) < 4.78 is 39.1. The number of unbranched alkanes of at least 4 members (excludes halogenated alkanes) is 7. The third-order valence-corrected chi connectivity index (χ3v) is 10.4. The molecule has 61 heavy (non-hydrogen) atoms. The van der Waals surface area contributed by atoms with E-state index in [1.54, 1.807) is 24.3 Å². The van der Waals surface area contributed by atoms with Crippen LogP contribution in [0.1, 0.15) is 97.9 Å². The molecule has 3 aromatic carbocycles. The molecule has 0 amide bonds. The van der Waals surface area contributed by atoms with Crippen LogP contribution in [-0.4, -0.2) is 104 Å². The van der Waals surface area contributed by atoms with Crippen LogP contribution in [0.5, 0.6) is 40.2 Å². The third-order valence-electron chi connectivity index (χ3n) is 10.4. The largest absolute Gasteiger partial charge is 0.508 e. The van der Waals surface area contributed by atoms with Crippen LogP contribution in [0.2, 0.25) is 0 Å². The van der Waals surface area contributed by atoms with Crippen LogP contribution in [0.25, 0.3) is 0 Å². The maximum atomic E-state index is 13.0. The molecule has 0 aliphatic carbocycles. The summed E-state index contributed by atoms with van der Waals surface area (Å²) in [6.07, 6.45) is -0.891. The summed E-state index contributed by atoms with van der Waals surface area (Å²) in [5.41, 5.74) is 0.611. The maximum absolute atomic E-state index is 13.0. The van der Waals surface area contributed by atoms with Crippen LogP contribution < -0.4 is 18.9 Å². The van der Waals surface area contributed by atoms with Crippen molar-refractivity contribution in [3.05, 3.63) is 76.7 Å². The molecule has 3 aromatic rings. The molecule has 3 aliphatic heterocycles. The van der Waals surface area contributed by atoms with Crippen molar-refractivity contribution in [1.29, 1.82) is 0 Å². The second-order valence-electron chi connectivity index (χ2n) is 14.8. The first-order chi connectivity index (χ1) is 29.2. The average Bonchev–Trinajstić information content (AvgIpc) is 3.50. The summed E-state index contributed by atoms with van der Waals surface area (Å²) in [5, 5.41) is 70.2. The number of ketones is 1. The van der Waals surface area contributed by atoms with Crippen molar-refractivity contribution in [2.45, 2.75) is 101 Å². The molecular formula is C43H48O18. The van der Waals surface area contributed by atoms with Crippen LogP contribution in [-0.2, 0) is 28.6 Å². The molecule has 0 spiro atoms. The van der Waals surface area contributed by atoms with Crippen LogP contribution in [0, 0.1) is 0 Å². The first-order valence-corrected chi connectivity index (χ1v) is 19.9. The van der Waals surface area contributed by atoms with E-state index in [0.29, 0.717) is 24.0 Å². The lowest BCUT2D eigenvalue weighted by molar-refractivity contribution is -0.154. The lowest BCUT2D eigenvalue weighted by Crippen LogP contribution is -2.38. The van der Waals surface area contributed by atoms with Crippen molar-refractivity contribution in [2.24, 2.45) is 0 Å². The molecule has 0 radical (unpaired) electrons. The normalized spacial score (nSPS) is 20.9. The van der Waals surface area contributed by atoms with Gasteiger partial charge in [0.15, 0.2) is 59.3 Å². The molecule has 0 bridgehead atoms. The van der Waals surface area contributed by atoms with Crippen LogP contribution in [0.3, 0.4) is 0 Å². The number of ether oxygens (including phenoxy) is 7. The van der Waals surface area contributed by atoms with Crippen molar-refractivity contribution in [2.75, 3.05) is 20.3 Å². The smallest absolute Gasteiger partial charge is 0.377 e. The predicted octanol–water partition coefficient (Wildman–Crippen LogP) is 4.97. The van der Waals surface area contributed by atoms with Gasteiger partial charge in [0.2, 0.25) is 11.5 Å². The van der Waals surface area contributed by atoms with Crippen LogP contribution in [0.15, 0.2) is 60.0 Å². The number of esters is 3. The molecule has 0 unspecified atom stereocenters. The number of Topliss-reactive ketones (excluding diaryl/α,β-unsaturated/α-hetero) is 1. The Morgan fingerprint density at radius 3 is 1.97 bits per heavy atom. The SMILES string of the molecule is COc1cc([C@H]2Oc3cc([C@H]4Oc5cc(O)cc(O)c5C(=O)[C@@H]4O)ccc3O[C@@H]2COC(=O)CCCCCCCCCCC(=O)OC[C@H](O)[C@H]2OC(=O)C(O)=C2O)ccc1O. The fraction of sp³-hybridized carbons (Fsp3) is 0.442. The van der Waals surface area contributed by atoms with Crippen LogP contribution >= 0.6 is 0 Å². The Hall–Kier alpha value is -6.40. The summed E-state index contributed by atoms with van der Waals surface area (Å²) in [6.45, 7) is -0.683. The fourth-order valence-electron chi connectivity index (χ4n) is 7.18. The van der Waals surface area contributed by atoms with Crippen molar-refractivity contribution >= 4 is 23.7 Å².